The average molecular weight is 658 g/mol. The maximum atomic E-state index is 7.33. The van der Waals surface area contributed by atoms with Gasteiger partial charge in [-0.2, -0.15) is 0 Å². The molecule has 0 atom stereocenters. The summed E-state index contributed by atoms with van der Waals surface area (Å²) < 4.78 is 4.50. The molecule has 0 aliphatic rings. The van der Waals surface area contributed by atoms with Crippen LogP contribution in [0.4, 0.5) is 0 Å². The first kappa shape index (κ1) is 39.6. The molecular weight excluding hydrogens is 629 g/mol. The van der Waals surface area contributed by atoms with Gasteiger partial charge >= 0.3 is 146 Å². The van der Waals surface area contributed by atoms with Gasteiger partial charge in [0.2, 0.25) is 0 Å². The van der Waals surface area contributed by atoms with Gasteiger partial charge in [-0.1, -0.05) is 0 Å². The third-order valence-electron chi connectivity index (χ3n) is 3.19. The molecule has 36 heavy (non-hydrogen) atoms. The summed E-state index contributed by atoms with van der Waals surface area (Å²) in [5.74, 6) is 0. The molecule has 0 saturated heterocycles. The molecule has 0 spiro atoms. The van der Waals surface area contributed by atoms with E-state index in [1.807, 2.05) is 0 Å². The number of hydrogen-bond acceptors (Lipinski definition) is 12. The molecule has 0 saturated carbocycles. The molecule has 0 heterocycles. The topological polar surface area (TPSA) is 274 Å². The third kappa shape index (κ3) is 27.6. The van der Waals surface area contributed by atoms with Crippen LogP contribution in [0.3, 0.4) is 0 Å². The normalized spacial score (nSPS) is 10.6. The first-order valence-electron chi connectivity index (χ1n) is 9.17. The van der Waals surface area contributed by atoms with Crippen molar-refractivity contribution in [1.29, 1.82) is 0 Å². The Morgan fingerprint density at radius 1 is 0.361 bits per heavy atom. The van der Waals surface area contributed by atoms with Gasteiger partial charge < -0.3 is 63.0 Å². The molecule has 0 amide bonds. The van der Waals surface area contributed by atoms with Crippen LogP contribution in [-0.4, -0.2) is 105 Å². The summed E-state index contributed by atoms with van der Waals surface area (Å²) >= 11 is -1.63. The summed E-state index contributed by atoms with van der Waals surface area (Å²) in [6.07, 6.45) is 0. The van der Waals surface area contributed by atoms with Gasteiger partial charge in [-0.25, -0.2) is 0 Å². The SMILES string of the molecule is O.O[Si](O)(O)O.O[Si](O)(O)O.O[Si](O)(O)O.[Ti].c1cc[c]([Ge]([c]2ccccc2)[c]2ccccc2)cc1. The molecule has 199 valence electrons. The Kier molecular flexibility index (Phi) is 21.1. The van der Waals surface area contributed by atoms with E-state index in [0.29, 0.717) is 0 Å². The van der Waals surface area contributed by atoms with Crippen LogP contribution in [0.2, 0.25) is 0 Å². The van der Waals surface area contributed by atoms with E-state index in [1.54, 1.807) is 0 Å². The second-order valence-corrected chi connectivity index (χ2v) is 15.1. The second-order valence-electron chi connectivity index (χ2n) is 6.27. The van der Waals surface area contributed by atoms with E-state index < -0.39 is 41.5 Å². The van der Waals surface area contributed by atoms with Crippen LogP contribution < -0.4 is 13.2 Å². The van der Waals surface area contributed by atoms with Gasteiger partial charge in [0.25, 0.3) is 0 Å². The van der Waals surface area contributed by atoms with E-state index in [4.69, 9.17) is 57.5 Å². The van der Waals surface area contributed by atoms with Gasteiger partial charge in [0.15, 0.2) is 0 Å². The summed E-state index contributed by atoms with van der Waals surface area (Å²) in [7, 11) is -13.8. The fourth-order valence-electron chi connectivity index (χ4n) is 2.31. The number of benzene rings is 3. The maximum absolute atomic E-state index is 7.33. The van der Waals surface area contributed by atoms with Crippen molar-refractivity contribution in [3.05, 3.63) is 91.0 Å². The second kappa shape index (κ2) is 19.2. The summed E-state index contributed by atoms with van der Waals surface area (Å²) in [5, 5.41) is 0. The molecule has 18 heteroatoms. The monoisotopic (exact) mass is 659 g/mol. The molecule has 0 aliphatic carbocycles. The van der Waals surface area contributed by atoms with Gasteiger partial charge in [0.1, 0.15) is 0 Å². The van der Waals surface area contributed by atoms with Crippen LogP contribution in [0, 0.1) is 0 Å². The van der Waals surface area contributed by atoms with Gasteiger partial charge in [-0.05, 0) is 0 Å². The van der Waals surface area contributed by atoms with Crippen molar-refractivity contribution in [2.45, 2.75) is 0 Å². The molecule has 0 bridgehead atoms. The van der Waals surface area contributed by atoms with Gasteiger partial charge in [-0.15, -0.1) is 0 Å². The van der Waals surface area contributed by atoms with E-state index in [1.165, 1.54) is 13.2 Å². The van der Waals surface area contributed by atoms with E-state index >= 15 is 0 Å². The van der Waals surface area contributed by atoms with E-state index in [0.717, 1.165) is 0 Å². The third-order valence-corrected chi connectivity index (χ3v) is 8.92. The fraction of sp³-hybridized carbons (Fsp3) is 0. The first-order chi connectivity index (χ1) is 15.4. The molecule has 0 fully saturated rings. The molecule has 0 unspecified atom stereocenters. The minimum atomic E-state index is -4.61. The zero-order chi connectivity index (χ0) is 26.4. The molecule has 13 nitrogen and oxygen atoms in total. The van der Waals surface area contributed by atoms with Gasteiger partial charge in [0.05, 0.1) is 0 Å². The molecule has 0 aliphatic heterocycles. The number of hydrogen-bond donors (Lipinski definition) is 12. The standard InChI is InChI=1S/C18H15Ge.3H4O4Si.H2O.Ti/c1-4-10-16(11-5-1)19(17-12-6-2-7-13-17)18-14-8-3-9-15-18;3*1-5(2,3)4;;/h1-15H;3*1-4H;1H2;. The molecule has 3 rings (SSSR count). The minimum absolute atomic E-state index is 0. The quantitative estimate of drug-likeness (QED) is 0.117. The summed E-state index contributed by atoms with van der Waals surface area (Å²) in [4.78, 5) is 87.9. The Labute approximate surface area is 229 Å². The Morgan fingerprint density at radius 2 is 0.500 bits per heavy atom. The Balaban J connectivity index is -0.000000535. The first-order valence-corrected chi connectivity index (χ1v) is 17.7. The fourth-order valence-corrected chi connectivity index (χ4v) is 7.72. The van der Waals surface area contributed by atoms with Crippen molar-refractivity contribution in [3.63, 3.8) is 0 Å². The Bertz CT molecular complexity index is 772. The van der Waals surface area contributed by atoms with Crippen molar-refractivity contribution >= 4 is 54.7 Å². The molecule has 1 radical (unpaired) electrons. The van der Waals surface area contributed by atoms with Crippen molar-refractivity contribution in [3.8, 4) is 0 Å². The van der Waals surface area contributed by atoms with Crippen LogP contribution in [0.15, 0.2) is 91.0 Å². The van der Waals surface area contributed by atoms with E-state index in [9.17, 15) is 0 Å². The van der Waals surface area contributed by atoms with Crippen molar-refractivity contribution in [2.24, 2.45) is 0 Å². The molecule has 0 aromatic heterocycles. The Morgan fingerprint density at radius 3 is 0.639 bits per heavy atom. The van der Waals surface area contributed by atoms with Gasteiger partial charge in [-0.3, -0.25) is 0 Å². The summed E-state index contributed by atoms with van der Waals surface area (Å²) in [6, 6.07) is 32.8. The van der Waals surface area contributed by atoms with Crippen molar-refractivity contribution in [2.75, 3.05) is 0 Å². The van der Waals surface area contributed by atoms with Crippen LogP contribution in [0.25, 0.3) is 0 Å². The summed E-state index contributed by atoms with van der Waals surface area (Å²) in [6.45, 7) is 0. The van der Waals surface area contributed by atoms with Crippen LogP contribution in [0.5, 0.6) is 0 Å². The zero-order valence-electron chi connectivity index (χ0n) is 18.5. The van der Waals surface area contributed by atoms with Crippen molar-refractivity contribution in [1.82, 2.24) is 0 Å². The Hall–Kier alpha value is -0.952. The predicted octanol–water partition coefficient (Wildman–Crippen LogP) is -6.45. The van der Waals surface area contributed by atoms with Gasteiger partial charge in [0, 0.05) is 21.7 Å². The van der Waals surface area contributed by atoms with E-state index in [2.05, 4.69) is 91.0 Å². The molecule has 3 aromatic rings. The van der Waals surface area contributed by atoms with Crippen molar-refractivity contribution < 1.29 is 84.7 Å². The van der Waals surface area contributed by atoms with Crippen LogP contribution in [-0.2, 0) is 21.7 Å². The van der Waals surface area contributed by atoms with E-state index in [-0.39, 0.29) is 27.2 Å². The molecule has 14 N–H and O–H groups in total. The molecular formula is C18H29GeO13Si3Ti. The van der Waals surface area contributed by atoms with Crippen LogP contribution in [0.1, 0.15) is 0 Å². The average Bonchev–Trinajstić information content (AvgIpc) is 2.67. The van der Waals surface area contributed by atoms with Crippen LogP contribution >= 0.6 is 0 Å². The number of rotatable bonds is 3. The predicted molar refractivity (Wildman–Crippen MR) is 131 cm³/mol. The zero-order valence-corrected chi connectivity index (χ0v) is 25.2. The molecule has 3 aromatic carbocycles. The summed E-state index contributed by atoms with van der Waals surface area (Å²) in [5.41, 5.74) is 0.